The molecule has 0 fully saturated rings. The van der Waals surface area contributed by atoms with Crippen LogP contribution in [0.1, 0.15) is 25.0 Å². The Hall–Kier alpha value is -7.42. The molecule has 0 saturated carbocycles. The van der Waals surface area contributed by atoms with Crippen LogP contribution in [0, 0.1) is 0 Å². The Bertz CT molecular complexity index is 3690. The molecule has 1 aliphatic rings. The van der Waals surface area contributed by atoms with Crippen LogP contribution in [0.3, 0.4) is 0 Å². The largest absolute Gasteiger partial charge is 0.455 e. The number of benzene rings is 10. The topological polar surface area (TPSA) is 26.3 Å². The fourth-order valence-corrected chi connectivity index (χ4v) is 10.5. The third kappa shape index (κ3) is 4.46. The minimum Gasteiger partial charge on any atom is -0.455 e. The summed E-state index contributed by atoms with van der Waals surface area (Å²) in [5.74, 6) is 0. The molecule has 0 unspecified atom stereocenters. The van der Waals surface area contributed by atoms with Crippen molar-refractivity contribution >= 4 is 76.2 Å². The lowest BCUT2D eigenvalue weighted by Gasteiger charge is -2.21. The second-order valence-corrected chi connectivity index (χ2v) is 16.7. The van der Waals surface area contributed by atoms with Crippen molar-refractivity contribution in [1.29, 1.82) is 0 Å². The van der Waals surface area contributed by atoms with Crippen molar-refractivity contribution in [2.45, 2.75) is 19.3 Å². The van der Waals surface area contributed by atoms with E-state index < -0.39 is 0 Å². The minimum absolute atomic E-state index is 0.0751. The molecule has 2 heteroatoms. The molecular weight excluding hydrogens is 717 g/mol. The van der Waals surface area contributed by atoms with E-state index in [0.717, 1.165) is 60.4 Å². The van der Waals surface area contributed by atoms with Crippen LogP contribution in [-0.2, 0) is 5.41 Å². The first-order valence-corrected chi connectivity index (χ1v) is 20.5. The van der Waals surface area contributed by atoms with Gasteiger partial charge in [0.25, 0.3) is 0 Å². The summed E-state index contributed by atoms with van der Waals surface area (Å²) in [6.45, 7) is 4.67. The number of hydrogen-bond donors (Lipinski definition) is 0. The second-order valence-electron chi connectivity index (χ2n) is 16.7. The number of hydrogen-bond acceptors (Lipinski definition) is 2. The maximum Gasteiger partial charge on any atom is 0.143 e. The van der Waals surface area contributed by atoms with E-state index in [-0.39, 0.29) is 5.41 Å². The van der Waals surface area contributed by atoms with Crippen molar-refractivity contribution in [3.8, 4) is 44.5 Å². The van der Waals surface area contributed by atoms with E-state index in [4.69, 9.17) is 8.83 Å². The van der Waals surface area contributed by atoms with E-state index in [2.05, 4.69) is 196 Å². The van der Waals surface area contributed by atoms with Crippen molar-refractivity contribution in [2.75, 3.05) is 0 Å². The predicted molar refractivity (Wildman–Crippen MR) is 247 cm³/mol. The lowest BCUT2D eigenvalue weighted by molar-refractivity contribution is 0.657. The summed E-state index contributed by atoms with van der Waals surface area (Å²) < 4.78 is 13.6. The molecule has 10 aromatic carbocycles. The average Bonchev–Trinajstić information content (AvgIpc) is 3.93. The van der Waals surface area contributed by atoms with Crippen LogP contribution in [-0.4, -0.2) is 0 Å². The van der Waals surface area contributed by atoms with Gasteiger partial charge in [-0.1, -0.05) is 166 Å². The molecule has 2 heterocycles. The maximum atomic E-state index is 6.83. The minimum atomic E-state index is -0.0751. The molecular formula is C57H36O2. The summed E-state index contributed by atoms with van der Waals surface area (Å²) in [6.07, 6.45) is 0. The number of para-hydroxylation sites is 1. The number of fused-ring (bicyclic) bond motifs is 14. The van der Waals surface area contributed by atoms with Gasteiger partial charge in [-0.05, 0) is 107 Å². The lowest BCUT2D eigenvalue weighted by Crippen LogP contribution is -2.14. The zero-order valence-corrected chi connectivity index (χ0v) is 32.6. The Balaban J connectivity index is 0.996. The van der Waals surface area contributed by atoms with Gasteiger partial charge in [0.05, 0.1) is 0 Å². The average molecular weight is 753 g/mol. The Labute approximate surface area is 340 Å². The van der Waals surface area contributed by atoms with Crippen LogP contribution >= 0.6 is 0 Å². The monoisotopic (exact) mass is 752 g/mol. The van der Waals surface area contributed by atoms with E-state index in [0.29, 0.717) is 0 Å². The van der Waals surface area contributed by atoms with Gasteiger partial charge in [-0.3, -0.25) is 0 Å². The molecule has 1 aliphatic carbocycles. The number of rotatable bonds is 3. The molecule has 59 heavy (non-hydrogen) atoms. The molecule has 0 aliphatic heterocycles. The molecule has 13 rings (SSSR count). The zero-order valence-electron chi connectivity index (χ0n) is 32.6. The van der Waals surface area contributed by atoms with E-state index >= 15 is 0 Å². The Kier molecular flexibility index (Phi) is 6.54. The molecule has 0 radical (unpaired) electrons. The van der Waals surface area contributed by atoms with E-state index in [1.54, 1.807) is 0 Å². The van der Waals surface area contributed by atoms with Gasteiger partial charge in [0.15, 0.2) is 0 Å². The van der Waals surface area contributed by atoms with E-state index in [1.807, 2.05) is 0 Å². The summed E-state index contributed by atoms with van der Waals surface area (Å²) in [4.78, 5) is 0. The molecule has 0 N–H and O–H groups in total. The molecule has 0 spiro atoms. The highest BCUT2D eigenvalue weighted by Crippen LogP contribution is 2.53. The van der Waals surface area contributed by atoms with Crippen molar-refractivity contribution < 1.29 is 8.83 Å². The fraction of sp³-hybridized carbons (Fsp3) is 0.0526. The van der Waals surface area contributed by atoms with Gasteiger partial charge in [0, 0.05) is 37.9 Å². The van der Waals surface area contributed by atoms with Crippen LogP contribution in [0.5, 0.6) is 0 Å². The summed E-state index contributed by atoms with van der Waals surface area (Å²) in [7, 11) is 0. The maximum absolute atomic E-state index is 6.83. The summed E-state index contributed by atoms with van der Waals surface area (Å²) in [5.41, 5.74) is 16.0. The predicted octanol–water partition coefficient (Wildman–Crippen LogP) is 16.3. The molecule has 0 amide bonds. The summed E-state index contributed by atoms with van der Waals surface area (Å²) >= 11 is 0. The first kappa shape index (κ1) is 32.6. The fourth-order valence-electron chi connectivity index (χ4n) is 10.5. The highest BCUT2D eigenvalue weighted by molar-refractivity contribution is 6.23. The lowest BCUT2D eigenvalue weighted by atomic mass is 9.82. The molecule has 0 atom stereocenters. The number of furan rings is 2. The standard InChI is InChI=1S/C57H36O2/c1-57(2)47-22-11-10-19-43(47)53-48(57)28-30-50-54(53)44-27-25-33-23-24-35(31-45(33)56(44)59-50)37-20-12-21-42-46-32-36(26-29-49(46)58-55(37)42)52-40-17-8-6-15-38(40)51(34-13-4-3-5-14-34)39-16-7-9-18-41(39)52/h3-32H,1-2H3. The van der Waals surface area contributed by atoms with Crippen LogP contribution in [0.15, 0.2) is 191 Å². The van der Waals surface area contributed by atoms with Gasteiger partial charge in [-0.2, -0.15) is 0 Å². The third-order valence-electron chi connectivity index (χ3n) is 13.3. The van der Waals surface area contributed by atoms with Crippen molar-refractivity contribution in [2.24, 2.45) is 0 Å². The first-order valence-electron chi connectivity index (χ1n) is 20.5. The zero-order chi connectivity index (χ0) is 39.0. The van der Waals surface area contributed by atoms with Crippen LogP contribution in [0.25, 0.3) is 121 Å². The molecule has 12 aromatic rings. The molecule has 0 saturated heterocycles. The Morgan fingerprint density at radius 1 is 0.339 bits per heavy atom. The van der Waals surface area contributed by atoms with E-state index in [9.17, 15) is 0 Å². The van der Waals surface area contributed by atoms with Crippen LogP contribution in [0.2, 0.25) is 0 Å². The van der Waals surface area contributed by atoms with Gasteiger partial charge < -0.3 is 8.83 Å². The van der Waals surface area contributed by atoms with Gasteiger partial charge >= 0.3 is 0 Å². The van der Waals surface area contributed by atoms with Gasteiger partial charge in [0.2, 0.25) is 0 Å². The highest BCUT2D eigenvalue weighted by atomic mass is 16.3. The molecule has 0 bridgehead atoms. The van der Waals surface area contributed by atoms with Crippen LogP contribution in [0.4, 0.5) is 0 Å². The van der Waals surface area contributed by atoms with E-state index in [1.165, 1.54) is 71.4 Å². The summed E-state index contributed by atoms with van der Waals surface area (Å²) in [6, 6.07) is 66.2. The van der Waals surface area contributed by atoms with Crippen molar-refractivity contribution in [1.82, 2.24) is 0 Å². The smallest absolute Gasteiger partial charge is 0.143 e. The molecule has 2 nitrogen and oxygen atoms in total. The molecule has 276 valence electrons. The van der Waals surface area contributed by atoms with Crippen LogP contribution < -0.4 is 0 Å². The van der Waals surface area contributed by atoms with Gasteiger partial charge in [0.1, 0.15) is 22.3 Å². The van der Waals surface area contributed by atoms with Gasteiger partial charge in [-0.15, -0.1) is 0 Å². The Morgan fingerprint density at radius 3 is 1.71 bits per heavy atom. The highest BCUT2D eigenvalue weighted by Gasteiger charge is 2.37. The normalized spacial score (nSPS) is 13.4. The third-order valence-corrected chi connectivity index (χ3v) is 13.3. The van der Waals surface area contributed by atoms with Crippen molar-refractivity contribution in [3.63, 3.8) is 0 Å². The summed E-state index contributed by atoms with van der Waals surface area (Å²) in [5, 5.41) is 11.8. The molecule has 2 aromatic heterocycles. The first-order chi connectivity index (χ1) is 29.0. The van der Waals surface area contributed by atoms with Gasteiger partial charge in [-0.25, -0.2) is 0 Å². The Morgan fingerprint density at radius 2 is 0.932 bits per heavy atom. The van der Waals surface area contributed by atoms with Crippen molar-refractivity contribution in [3.05, 3.63) is 193 Å². The SMILES string of the molecule is CC1(C)c2ccccc2-c2c1ccc1oc3c4cc(-c5cccc6c5oc5ccc(-c7c8ccccc8c(-c8ccccc8)c8ccccc78)cc56)ccc4ccc3c21. The quantitative estimate of drug-likeness (QED) is 0.168. The second kappa shape index (κ2) is 11.8.